The van der Waals surface area contributed by atoms with Crippen LogP contribution in [0.1, 0.15) is 11.3 Å². The topological polar surface area (TPSA) is 60.4 Å². The molecule has 2 N–H and O–H groups in total. The Morgan fingerprint density at radius 1 is 1.47 bits per heavy atom. The highest BCUT2D eigenvalue weighted by atomic mass is 32.2. The van der Waals surface area contributed by atoms with Crippen molar-refractivity contribution in [3.63, 3.8) is 0 Å². The molecule has 19 heavy (non-hydrogen) atoms. The molecule has 0 aliphatic heterocycles. The van der Waals surface area contributed by atoms with Crippen molar-refractivity contribution < 1.29 is 4.21 Å². The van der Waals surface area contributed by atoms with Gasteiger partial charge in [0.25, 0.3) is 0 Å². The molecule has 0 radical (unpaired) electrons. The Bertz CT molecular complexity index is 732. The molecule has 0 saturated heterocycles. The number of nitrogen functional groups attached to an aromatic ring is 1. The van der Waals surface area contributed by atoms with Crippen molar-refractivity contribution in [1.82, 2.24) is 9.38 Å². The molecule has 3 rings (SSSR count). The summed E-state index contributed by atoms with van der Waals surface area (Å²) >= 11 is 1.56. The quantitative estimate of drug-likeness (QED) is 0.755. The molecule has 1 unspecified atom stereocenters. The van der Waals surface area contributed by atoms with Crippen LogP contribution in [0.5, 0.6) is 0 Å². The Balaban J connectivity index is 1.86. The molecule has 0 bridgehead atoms. The fourth-order valence-electron chi connectivity index (χ4n) is 1.93. The highest BCUT2D eigenvalue weighted by molar-refractivity contribution is 7.84. The molecule has 2 aromatic heterocycles. The van der Waals surface area contributed by atoms with Crippen molar-refractivity contribution in [2.24, 2.45) is 0 Å². The maximum Gasteiger partial charge on any atom is 0.193 e. The van der Waals surface area contributed by atoms with Gasteiger partial charge in [-0.2, -0.15) is 0 Å². The van der Waals surface area contributed by atoms with Gasteiger partial charge in [-0.05, 0) is 24.6 Å². The zero-order valence-corrected chi connectivity index (χ0v) is 12.0. The fourth-order valence-corrected chi connectivity index (χ4v) is 3.76. The summed E-state index contributed by atoms with van der Waals surface area (Å²) in [5.41, 5.74) is 8.39. The van der Waals surface area contributed by atoms with Gasteiger partial charge in [0.2, 0.25) is 0 Å². The number of aryl methyl sites for hydroxylation is 1. The second kappa shape index (κ2) is 4.79. The van der Waals surface area contributed by atoms with E-state index in [9.17, 15) is 4.21 Å². The predicted octanol–water partition coefficient (Wildman–Crippen LogP) is 2.59. The molecule has 3 aromatic rings. The van der Waals surface area contributed by atoms with Gasteiger partial charge < -0.3 is 5.73 Å². The number of imidazole rings is 1. The van der Waals surface area contributed by atoms with E-state index in [1.54, 1.807) is 11.3 Å². The SMILES string of the molecule is Cc1ccc(S(=O)Cc2cn3ccsc3n2)c(N)c1. The second-order valence-electron chi connectivity index (χ2n) is 4.36. The van der Waals surface area contributed by atoms with Crippen LogP contribution in [0, 0.1) is 6.92 Å². The third kappa shape index (κ3) is 2.41. The van der Waals surface area contributed by atoms with Crippen LogP contribution in [0.3, 0.4) is 0 Å². The minimum Gasteiger partial charge on any atom is -0.398 e. The average Bonchev–Trinajstić information content (AvgIpc) is 2.89. The molecule has 1 atom stereocenters. The van der Waals surface area contributed by atoms with Crippen LogP contribution in [0.15, 0.2) is 40.9 Å². The monoisotopic (exact) mass is 291 g/mol. The summed E-state index contributed by atoms with van der Waals surface area (Å²) in [5.74, 6) is 0.391. The Kier molecular flexibility index (Phi) is 3.12. The Hall–Kier alpha value is -1.66. The van der Waals surface area contributed by atoms with Crippen LogP contribution in [0.2, 0.25) is 0 Å². The van der Waals surface area contributed by atoms with Crippen LogP contribution in [0.4, 0.5) is 5.69 Å². The van der Waals surface area contributed by atoms with Gasteiger partial charge in [0.05, 0.1) is 27.1 Å². The van der Waals surface area contributed by atoms with Gasteiger partial charge in [0.1, 0.15) is 0 Å². The number of hydrogen-bond acceptors (Lipinski definition) is 4. The number of nitrogens with two attached hydrogens (primary N) is 1. The zero-order valence-electron chi connectivity index (χ0n) is 10.4. The van der Waals surface area contributed by atoms with Crippen LogP contribution in [-0.2, 0) is 16.6 Å². The normalized spacial score (nSPS) is 12.9. The summed E-state index contributed by atoms with van der Waals surface area (Å²) in [6.45, 7) is 1.96. The molecular weight excluding hydrogens is 278 g/mol. The molecule has 0 fully saturated rings. The summed E-state index contributed by atoms with van der Waals surface area (Å²) in [5, 5.41) is 1.97. The Morgan fingerprint density at radius 2 is 2.32 bits per heavy atom. The van der Waals surface area contributed by atoms with Crippen molar-refractivity contribution in [2.45, 2.75) is 17.6 Å². The molecular formula is C13H13N3OS2. The Labute approximate surface area is 117 Å². The van der Waals surface area contributed by atoms with Crippen molar-refractivity contribution in [3.8, 4) is 0 Å². The lowest BCUT2D eigenvalue weighted by molar-refractivity contribution is 0.682. The summed E-state index contributed by atoms with van der Waals surface area (Å²) in [6, 6.07) is 5.60. The summed E-state index contributed by atoms with van der Waals surface area (Å²) < 4.78 is 14.3. The van der Waals surface area contributed by atoms with Gasteiger partial charge in [0, 0.05) is 23.5 Å². The minimum atomic E-state index is -1.16. The summed E-state index contributed by atoms with van der Waals surface area (Å²) in [6.07, 6.45) is 3.85. The molecule has 0 amide bonds. The van der Waals surface area contributed by atoms with Gasteiger partial charge in [-0.25, -0.2) is 4.98 Å². The van der Waals surface area contributed by atoms with Crippen molar-refractivity contribution in [3.05, 3.63) is 47.2 Å². The van der Waals surface area contributed by atoms with Crippen LogP contribution >= 0.6 is 11.3 Å². The van der Waals surface area contributed by atoms with E-state index in [0.29, 0.717) is 16.3 Å². The van der Waals surface area contributed by atoms with Gasteiger partial charge in [-0.3, -0.25) is 8.61 Å². The molecule has 4 nitrogen and oxygen atoms in total. The zero-order chi connectivity index (χ0) is 13.4. The predicted molar refractivity (Wildman–Crippen MR) is 78.8 cm³/mol. The highest BCUT2D eigenvalue weighted by Gasteiger charge is 2.11. The average molecular weight is 291 g/mol. The van der Waals surface area contributed by atoms with Crippen molar-refractivity contribution >= 4 is 32.8 Å². The smallest absolute Gasteiger partial charge is 0.193 e. The van der Waals surface area contributed by atoms with E-state index in [-0.39, 0.29) is 0 Å². The number of benzene rings is 1. The van der Waals surface area contributed by atoms with Crippen LogP contribution < -0.4 is 5.73 Å². The van der Waals surface area contributed by atoms with Crippen molar-refractivity contribution in [2.75, 3.05) is 5.73 Å². The summed E-state index contributed by atoms with van der Waals surface area (Å²) in [4.78, 5) is 6.04. The van der Waals surface area contributed by atoms with E-state index in [1.165, 1.54) is 0 Å². The van der Waals surface area contributed by atoms with E-state index in [1.807, 2.05) is 47.3 Å². The van der Waals surface area contributed by atoms with Crippen LogP contribution in [0.25, 0.3) is 4.96 Å². The van der Waals surface area contributed by atoms with Gasteiger partial charge in [-0.1, -0.05) is 6.07 Å². The lowest BCUT2D eigenvalue weighted by Crippen LogP contribution is -2.01. The molecule has 2 heterocycles. The number of anilines is 1. The number of nitrogens with zero attached hydrogens (tertiary/aromatic N) is 2. The first-order valence-electron chi connectivity index (χ1n) is 5.79. The van der Waals surface area contributed by atoms with Gasteiger partial charge in [0.15, 0.2) is 4.96 Å². The third-order valence-corrected chi connectivity index (χ3v) is 5.02. The third-order valence-electron chi connectivity index (χ3n) is 2.83. The first kappa shape index (κ1) is 12.4. The lowest BCUT2D eigenvalue weighted by atomic mass is 10.2. The van der Waals surface area contributed by atoms with Gasteiger partial charge in [-0.15, -0.1) is 11.3 Å². The maximum absolute atomic E-state index is 12.3. The summed E-state index contributed by atoms with van der Waals surface area (Å²) in [7, 11) is -1.16. The molecule has 0 aliphatic rings. The molecule has 0 aliphatic carbocycles. The number of hydrogen-bond donors (Lipinski definition) is 1. The second-order valence-corrected chi connectivity index (χ2v) is 6.65. The standard InChI is InChI=1S/C13H13N3OS2/c1-9-2-3-12(11(14)6-9)19(17)8-10-7-16-4-5-18-13(16)15-10/h2-7H,8,14H2,1H3. The number of aromatic nitrogens is 2. The first-order valence-corrected chi connectivity index (χ1v) is 7.99. The number of rotatable bonds is 3. The molecule has 0 saturated carbocycles. The molecule has 0 spiro atoms. The fraction of sp³-hybridized carbons (Fsp3) is 0.154. The number of thiazole rings is 1. The number of fused-ring (bicyclic) bond motifs is 1. The van der Waals surface area contributed by atoms with Crippen LogP contribution in [-0.4, -0.2) is 13.6 Å². The minimum absolute atomic E-state index is 0.391. The van der Waals surface area contributed by atoms with E-state index in [0.717, 1.165) is 16.2 Å². The van der Waals surface area contributed by atoms with E-state index >= 15 is 0 Å². The van der Waals surface area contributed by atoms with Crippen molar-refractivity contribution in [1.29, 1.82) is 0 Å². The largest absolute Gasteiger partial charge is 0.398 e. The van der Waals surface area contributed by atoms with Gasteiger partial charge >= 0.3 is 0 Å². The lowest BCUT2D eigenvalue weighted by Gasteiger charge is -2.05. The van der Waals surface area contributed by atoms with E-state index in [4.69, 9.17) is 5.73 Å². The van der Waals surface area contributed by atoms with E-state index < -0.39 is 10.8 Å². The maximum atomic E-state index is 12.3. The molecule has 1 aromatic carbocycles. The molecule has 98 valence electrons. The molecule has 6 heteroatoms. The van der Waals surface area contributed by atoms with E-state index in [2.05, 4.69) is 4.98 Å². The first-order chi connectivity index (χ1) is 9.13. The highest BCUT2D eigenvalue weighted by Crippen LogP contribution is 2.21. The Morgan fingerprint density at radius 3 is 3.05 bits per heavy atom.